The predicted molar refractivity (Wildman–Crippen MR) is 124 cm³/mol. The van der Waals surface area contributed by atoms with E-state index in [4.69, 9.17) is 21.7 Å². The van der Waals surface area contributed by atoms with Crippen molar-refractivity contribution in [2.45, 2.75) is 18.9 Å². The minimum absolute atomic E-state index is 0.0824. The fourth-order valence-corrected chi connectivity index (χ4v) is 3.27. The van der Waals surface area contributed by atoms with Crippen LogP contribution in [0.1, 0.15) is 28.8 Å². The molecule has 3 rings (SSSR count). The van der Waals surface area contributed by atoms with Crippen molar-refractivity contribution in [3.8, 4) is 5.75 Å². The van der Waals surface area contributed by atoms with Gasteiger partial charge in [0.15, 0.2) is 5.11 Å². The van der Waals surface area contributed by atoms with Crippen LogP contribution in [0.15, 0.2) is 54.6 Å². The molecule has 0 saturated carbocycles. The first-order valence-electron chi connectivity index (χ1n) is 9.97. The lowest BCUT2D eigenvalue weighted by molar-refractivity contribution is -0.115. The first kappa shape index (κ1) is 22.5. The summed E-state index contributed by atoms with van der Waals surface area (Å²) in [4.78, 5) is 24.5. The van der Waals surface area contributed by atoms with Gasteiger partial charge >= 0.3 is 0 Å². The molecule has 1 aliphatic rings. The van der Waals surface area contributed by atoms with E-state index in [1.165, 1.54) is 6.08 Å². The van der Waals surface area contributed by atoms with Gasteiger partial charge in [-0.05, 0) is 67.0 Å². The van der Waals surface area contributed by atoms with E-state index in [9.17, 15) is 9.59 Å². The Morgan fingerprint density at radius 3 is 2.74 bits per heavy atom. The largest absolute Gasteiger partial charge is 0.497 e. The lowest BCUT2D eigenvalue weighted by atomic mass is 10.1. The van der Waals surface area contributed by atoms with Crippen LogP contribution in [0.5, 0.6) is 5.75 Å². The van der Waals surface area contributed by atoms with Gasteiger partial charge in [-0.25, -0.2) is 0 Å². The number of rotatable bonds is 7. The number of methoxy groups -OCH3 is 1. The smallest absolute Gasteiger partial charge is 0.251 e. The van der Waals surface area contributed by atoms with Crippen LogP contribution in [-0.2, 0) is 9.53 Å². The number of hydrogen-bond acceptors (Lipinski definition) is 5. The van der Waals surface area contributed by atoms with E-state index in [1.54, 1.807) is 37.5 Å². The molecule has 1 saturated heterocycles. The van der Waals surface area contributed by atoms with Crippen LogP contribution in [-0.4, -0.2) is 43.3 Å². The Bertz CT molecular complexity index is 954. The molecule has 3 N–H and O–H groups in total. The molecule has 0 bridgehead atoms. The highest BCUT2D eigenvalue weighted by Gasteiger charge is 2.16. The molecule has 1 unspecified atom stereocenters. The van der Waals surface area contributed by atoms with Gasteiger partial charge in [-0.2, -0.15) is 0 Å². The molecule has 0 aliphatic carbocycles. The van der Waals surface area contributed by atoms with Gasteiger partial charge in [-0.3, -0.25) is 14.9 Å². The van der Waals surface area contributed by atoms with Crippen LogP contribution in [0.25, 0.3) is 6.08 Å². The molecule has 2 aromatic carbocycles. The van der Waals surface area contributed by atoms with Gasteiger partial charge in [0.2, 0.25) is 5.91 Å². The maximum Gasteiger partial charge on any atom is 0.251 e. The van der Waals surface area contributed by atoms with Crippen LogP contribution in [0.4, 0.5) is 5.69 Å². The summed E-state index contributed by atoms with van der Waals surface area (Å²) in [6.45, 7) is 1.24. The van der Waals surface area contributed by atoms with E-state index in [1.807, 2.05) is 24.3 Å². The molecule has 2 amide bonds. The molecule has 0 radical (unpaired) electrons. The van der Waals surface area contributed by atoms with Crippen molar-refractivity contribution in [1.82, 2.24) is 10.6 Å². The Morgan fingerprint density at radius 2 is 2.03 bits per heavy atom. The van der Waals surface area contributed by atoms with E-state index < -0.39 is 0 Å². The fourth-order valence-electron chi connectivity index (χ4n) is 3.05. The van der Waals surface area contributed by atoms with E-state index >= 15 is 0 Å². The third-order valence-corrected chi connectivity index (χ3v) is 4.88. The van der Waals surface area contributed by atoms with Gasteiger partial charge in [-0.15, -0.1) is 0 Å². The van der Waals surface area contributed by atoms with Gasteiger partial charge in [0.1, 0.15) is 5.75 Å². The minimum Gasteiger partial charge on any atom is -0.497 e. The van der Waals surface area contributed by atoms with Crippen LogP contribution in [0, 0.1) is 0 Å². The number of carbonyl (C=O) groups is 2. The van der Waals surface area contributed by atoms with Gasteiger partial charge in [0.05, 0.1) is 13.2 Å². The number of hydrogen-bond donors (Lipinski definition) is 3. The van der Waals surface area contributed by atoms with E-state index in [2.05, 4.69) is 16.0 Å². The normalized spacial score (nSPS) is 15.5. The molecule has 1 atom stereocenters. The van der Waals surface area contributed by atoms with Crippen LogP contribution in [0.2, 0.25) is 0 Å². The second-order valence-electron chi connectivity index (χ2n) is 6.98. The topological polar surface area (TPSA) is 88.7 Å². The van der Waals surface area contributed by atoms with Crippen molar-refractivity contribution in [3.63, 3.8) is 0 Å². The Morgan fingerprint density at radius 1 is 1.23 bits per heavy atom. The summed E-state index contributed by atoms with van der Waals surface area (Å²) in [6, 6.07) is 14.2. The van der Waals surface area contributed by atoms with Crippen molar-refractivity contribution in [1.29, 1.82) is 0 Å². The molecule has 1 fully saturated rings. The van der Waals surface area contributed by atoms with E-state index in [0.29, 0.717) is 17.8 Å². The van der Waals surface area contributed by atoms with Gasteiger partial charge in [0, 0.05) is 30.5 Å². The average molecular weight is 440 g/mol. The Labute approximate surface area is 186 Å². The highest BCUT2D eigenvalue weighted by molar-refractivity contribution is 7.80. The van der Waals surface area contributed by atoms with Gasteiger partial charge in [0.25, 0.3) is 5.91 Å². The second-order valence-corrected chi connectivity index (χ2v) is 7.38. The molecule has 0 aromatic heterocycles. The summed E-state index contributed by atoms with van der Waals surface area (Å²) in [5.41, 5.74) is 1.96. The van der Waals surface area contributed by atoms with Crippen LogP contribution in [0.3, 0.4) is 0 Å². The molecule has 7 nitrogen and oxygen atoms in total. The first-order valence-corrected chi connectivity index (χ1v) is 10.4. The van der Waals surface area contributed by atoms with E-state index in [-0.39, 0.29) is 23.0 Å². The molecule has 8 heteroatoms. The third kappa shape index (κ3) is 7.20. The first-order chi connectivity index (χ1) is 15.0. The highest BCUT2D eigenvalue weighted by Crippen LogP contribution is 2.14. The van der Waals surface area contributed by atoms with E-state index in [0.717, 1.165) is 30.8 Å². The average Bonchev–Trinajstić information content (AvgIpc) is 3.30. The summed E-state index contributed by atoms with van der Waals surface area (Å²) in [5.74, 6) is 0.199. The molecule has 2 aromatic rings. The number of ether oxygens (including phenoxy) is 2. The lowest BCUT2D eigenvalue weighted by Gasteiger charge is -2.12. The zero-order chi connectivity index (χ0) is 22.1. The molecule has 1 heterocycles. The SMILES string of the molecule is COc1ccc(/C=C/C(=O)NC(=S)Nc2cccc(C(=O)NCC3CCCO3)c2)cc1. The number of nitrogens with one attached hydrogen (secondary N) is 3. The number of anilines is 1. The second kappa shape index (κ2) is 11.2. The summed E-state index contributed by atoms with van der Waals surface area (Å²) in [5, 5.41) is 8.53. The zero-order valence-electron chi connectivity index (χ0n) is 17.2. The molecular weight excluding hydrogens is 414 g/mol. The summed E-state index contributed by atoms with van der Waals surface area (Å²) < 4.78 is 10.6. The van der Waals surface area contributed by atoms with Crippen LogP contribution < -0.4 is 20.7 Å². The highest BCUT2D eigenvalue weighted by atomic mass is 32.1. The van der Waals surface area contributed by atoms with Crippen molar-refractivity contribution < 1.29 is 19.1 Å². The number of carbonyl (C=O) groups excluding carboxylic acids is 2. The molecule has 162 valence electrons. The Balaban J connectivity index is 1.48. The summed E-state index contributed by atoms with van der Waals surface area (Å²) in [6.07, 6.45) is 5.14. The Hall–Kier alpha value is -3.23. The standard InChI is InChI=1S/C23H25N3O4S/c1-29-19-10-7-16(8-11-19)9-12-21(27)26-23(31)25-18-5-2-4-17(14-18)22(28)24-15-20-6-3-13-30-20/h2,4-5,7-12,14,20H,3,6,13,15H2,1H3,(H,24,28)(H2,25,26,27,31)/b12-9+. The van der Waals surface area contributed by atoms with Crippen molar-refractivity contribution in [2.24, 2.45) is 0 Å². The number of amides is 2. The van der Waals surface area contributed by atoms with Crippen LogP contribution >= 0.6 is 12.2 Å². The molecule has 31 heavy (non-hydrogen) atoms. The third-order valence-electron chi connectivity index (χ3n) is 4.68. The quantitative estimate of drug-likeness (QED) is 0.454. The molecular formula is C23H25N3O4S. The minimum atomic E-state index is -0.362. The van der Waals surface area contributed by atoms with Crippen molar-refractivity contribution >= 4 is 40.9 Å². The summed E-state index contributed by atoms with van der Waals surface area (Å²) >= 11 is 5.20. The molecule has 1 aliphatic heterocycles. The number of benzene rings is 2. The Kier molecular flexibility index (Phi) is 8.14. The molecule has 0 spiro atoms. The zero-order valence-corrected chi connectivity index (χ0v) is 18.0. The maximum absolute atomic E-state index is 12.4. The predicted octanol–water partition coefficient (Wildman–Crippen LogP) is 3.13. The number of thiocarbonyl (C=S) groups is 1. The van der Waals surface area contributed by atoms with Gasteiger partial charge in [-0.1, -0.05) is 18.2 Å². The lowest BCUT2D eigenvalue weighted by Crippen LogP contribution is -2.33. The van der Waals surface area contributed by atoms with Crippen molar-refractivity contribution in [2.75, 3.05) is 25.6 Å². The fraction of sp³-hybridized carbons (Fsp3) is 0.261. The monoisotopic (exact) mass is 439 g/mol. The van der Waals surface area contributed by atoms with Gasteiger partial charge < -0.3 is 20.1 Å². The van der Waals surface area contributed by atoms with Crippen molar-refractivity contribution in [3.05, 3.63) is 65.7 Å². The summed E-state index contributed by atoms with van der Waals surface area (Å²) in [7, 11) is 1.60. The maximum atomic E-state index is 12.4.